The molecule has 0 saturated carbocycles. The molecule has 0 saturated heterocycles. The number of fused-ring (bicyclic) bond motifs is 1. The summed E-state index contributed by atoms with van der Waals surface area (Å²) >= 11 is 0. The Morgan fingerprint density at radius 3 is 2.95 bits per heavy atom. The molecule has 0 aliphatic heterocycles. The third-order valence-electron chi connectivity index (χ3n) is 3.28. The van der Waals surface area contributed by atoms with Gasteiger partial charge in [0.25, 0.3) is 0 Å². The van der Waals surface area contributed by atoms with Crippen molar-refractivity contribution in [2.24, 2.45) is 5.92 Å². The summed E-state index contributed by atoms with van der Waals surface area (Å²) < 4.78 is 3.50. The Bertz CT molecular complexity index is 771. The Hall–Kier alpha value is -2.50. The third-order valence-corrected chi connectivity index (χ3v) is 3.28. The third kappa shape index (κ3) is 2.69. The highest BCUT2D eigenvalue weighted by molar-refractivity contribution is 6.02. The average Bonchev–Trinajstić information content (AvgIpc) is 3.05. The summed E-state index contributed by atoms with van der Waals surface area (Å²) in [6.07, 6.45) is 5.18. The van der Waals surface area contributed by atoms with Crippen molar-refractivity contribution in [2.75, 3.05) is 0 Å². The molecule has 0 aliphatic rings. The Kier molecular flexibility index (Phi) is 3.51. The SMILES string of the molecule is CC(C)Cn1ncnc1CC(=O)c1cnn2ccccc12. The van der Waals surface area contributed by atoms with E-state index in [0.717, 1.165) is 12.1 Å². The summed E-state index contributed by atoms with van der Waals surface area (Å²) in [5.41, 5.74) is 1.44. The predicted molar refractivity (Wildman–Crippen MR) is 78.1 cm³/mol. The van der Waals surface area contributed by atoms with Crippen LogP contribution >= 0.6 is 0 Å². The quantitative estimate of drug-likeness (QED) is 0.672. The van der Waals surface area contributed by atoms with Crippen LogP contribution in [-0.4, -0.2) is 30.2 Å². The molecule has 0 atom stereocenters. The molecular formula is C15H17N5O. The number of Topliss-reactive ketones (excluding diaryl/α,β-unsaturated/α-hetero) is 1. The normalized spacial score (nSPS) is 11.4. The lowest BCUT2D eigenvalue weighted by Gasteiger charge is -2.07. The van der Waals surface area contributed by atoms with Crippen LogP contribution < -0.4 is 0 Å². The van der Waals surface area contributed by atoms with Crippen molar-refractivity contribution in [2.45, 2.75) is 26.8 Å². The van der Waals surface area contributed by atoms with Crippen LogP contribution in [-0.2, 0) is 13.0 Å². The van der Waals surface area contributed by atoms with E-state index in [0.29, 0.717) is 17.3 Å². The van der Waals surface area contributed by atoms with Gasteiger partial charge in [-0.05, 0) is 18.1 Å². The standard InChI is InChI=1S/C15H17N5O/c1-11(2)9-20-15(16-10-18-20)7-14(21)12-8-17-19-6-4-3-5-13(12)19/h3-6,8,10-11H,7,9H2,1-2H3. The zero-order valence-electron chi connectivity index (χ0n) is 12.1. The average molecular weight is 283 g/mol. The number of rotatable bonds is 5. The fraction of sp³-hybridized carbons (Fsp3) is 0.333. The zero-order chi connectivity index (χ0) is 14.8. The number of aromatic nitrogens is 5. The van der Waals surface area contributed by atoms with E-state index in [4.69, 9.17) is 0 Å². The fourth-order valence-corrected chi connectivity index (χ4v) is 2.31. The molecule has 0 bridgehead atoms. The van der Waals surface area contributed by atoms with E-state index in [1.165, 1.54) is 6.33 Å². The second-order valence-electron chi connectivity index (χ2n) is 5.44. The van der Waals surface area contributed by atoms with E-state index in [1.54, 1.807) is 15.4 Å². The monoisotopic (exact) mass is 283 g/mol. The molecule has 0 aliphatic carbocycles. The number of carbonyl (C=O) groups excluding carboxylic acids is 1. The largest absolute Gasteiger partial charge is 0.294 e. The van der Waals surface area contributed by atoms with Gasteiger partial charge in [-0.2, -0.15) is 10.2 Å². The van der Waals surface area contributed by atoms with Gasteiger partial charge in [0.1, 0.15) is 12.2 Å². The maximum absolute atomic E-state index is 12.5. The zero-order valence-corrected chi connectivity index (χ0v) is 12.1. The molecule has 3 aromatic heterocycles. The van der Waals surface area contributed by atoms with Crippen molar-refractivity contribution in [3.8, 4) is 0 Å². The molecule has 3 rings (SSSR count). The number of carbonyl (C=O) groups is 1. The fourth-order valence-electron chi connectivity index (χ4n) is 2.31. The van der Waals surface area contributed by atoms with Crippen LogP contribution in [0.3, 0.4) is 0 Å². The minimum Gasteiger partial charge on any atom is -0.294 e. The van der Waals surface area contributed by atoms with Gasteiger partial charge in [0.05, 0.1) is 23.7 Å². The second kappa shape index (κ2) is 5.47. The summed E-state index contributed by atoms with van der Waals surface area (Å²) in [5, 5.41) is 8.38. The van der Waals surface area contributed by atoms with Gasteiger partial charge in [-0.3, -0.25) is 4.79 Å². The van der Waals surface area contributed by atoms with Gasteiger partial charge in [0.2, 0.25) is 0 Å². The van der Waals surface area contributed by atoms with Crippen molar-refractivity contribution in [3.63, 3.8) is 0 Å². The highest BCUT2D eigenvalue weighted by atomic mass is 16.1. The van der Waals surface area contributed by atoms with Crippen molar-refractivity contribution in [3.05, 3.63) is 48.3 Å². The summed E-state index contributed by atoms with van der Waals surface area (Å²) in [5.74, 6) is 1.16. The molecule has 0 spiro atoms. The molecule has 6 nitrogen and oxygen atoms in total. The summed E-state index contributed by atoms with van der Waals surface area (Å²) in [6, 6.07) is 5.67. The first-order valence-electron chi connectivity index (χ1n) is 6.97. The lowest BCUT2D eigenvalue weighted by Crippen LogP contribution is -2.14. The Labute approximate surface area is 122 Å². The van der Waals surface area contributed by atoms with Gasteiger partial charge in [-0.15, -0.1) is 0 Å². The molecule has 0 unspecified atom stereocenters. The lowest BCUT2D eigenvalue weighted by molar-refractivity contribution is 0.0990. The van der Waals surface area contributed by atoms with E-state index >= 15 is 0 Å². The van der Waals surface area contributed by atoms with E-state index in [1.807, 2.05) is 24.4 Å². The Morgan fingerprint density at radius 2 is 2.14 bits per heavy atom. The molecule has 0 N–H and O–H groups in total. The highest BCUT2D eigenvalue weighted by Crippen LogP contribution is 2.13. The molecule has 108 valence electrons. The summed E-state index contributed by atoms with van der Waals surface area (Å²) in [4.78, 5) is 16.7. The second-order valence-corrected chi connectivity index (χ2v) is 5.44. The maximum atomic E-state index is 12.5. The Morgan fingerprint density at radius 1 is 1.29 bits per heavy atom. The van der Waals surface area contributed by atoms with Gasteiger partial charge in [-0.25, -0.2) is 14.2 Å². The maximum Gasteiger partial charge on any atom is 0.174 e. The molecule has 3 aromatic rings. The molecule has 0 amide bonds. The molecule has 6 heteroatoms. The number of hydrogen-bond donors (Lipinski definition) is 0. The lowest BCUT2D eigenvalue weighted by atomic mass is 10.1. The minimum absolute atomic E-state index is 0.00852. The number of hydrogen-bond acceptors (Lipinski definition) is 4. The van der Waals surface area contributed by atoms with Crippen LogP contribution in [0.5, 0.6) is 0 Å². The van der Waals surface area contributed by atoms with Gasteiger partial charge in [0, 0.05) is 12.7 Å². The van der Waals surface area contributed by atoms with E-state index < -0.39 is 0 Å². The minimum atomic E-state index is 0.00852. The first-order valence-corrected chi connectivity index (χ1v) is 6.97. The molecule has 21 heavy (non-hydrogen) atoms. The smallest absolute Gasteiger partial charge is 0.174 e. The van der Waals surface area contributed by atoms with Crippen LogP contribution in [0.2, 0.25) is 0 Å². The summed E-state index contributed by atoms with van der Waals surface area (Å²) in [6.45, 7) is 4.98. The molecular weight excluding hydrogens is 266 g/mol. The van der Waals surface area contributed by atoms with Crippen LogP contribution in [0.15, 0.2) is 36.9 Å². The molecule has 0 fully saturated rings. The van der Waals surface area contributed by atoms with Gasteiger partial charge in [0.15, 0.2) is 5.78 Å². The van der Waals surface area contributed by atoms with Gasteiger partial charge < -0.3 is 0 Å². The van der Waals surface area contributed by atoms with E-state index in [-0.39, 0.29) is 12.2 Å². The number of ketones is 1. The molecule has 0 aromatic carbocycles. The first-order chi connectivity index (χ1) is 10.1. The van der Waals surface area contributed by atoms with Crippen molar-refractivity contribution in [1.82, 2.24) is 24.4 Å². The predicted octanol–water partition coefficient (Wildman–Crippen LogP) is 2.01. The van der Waals surface area contributed by atoms with Gasteiger partial charge in [-0.1, -0.05) is 19.9 Å². The highest BCUT2D eigenvalue weighted by Gasteiger charge is 2.16. The van der Waals surface area contributed by atoms with Crippen LogP contribution in [0.1, 0.15) is 30.0 Å². The number of pyridine rings is 1. The van der Waals surface area contributed by atoms with Gasteiger partial charge >= 0.3 is 0 Å². The van der Waals surface area contributed by atoms with Crippen molar-refractivity contribution >= 4 is 11.3 Å². The van der Waals surface area contributed by atoms with E-state index in [9.17, 15) is 4.79 Å². The topological polar surface area (TPSA) is 65.1 Å². The van der Waals surface area contributed by atoms with Crippen LogP contribution in [0.4, 0.5) is 0 Å². The van der Waals surface area contributed by atoms with E-state index in [2.05, 4.69) is 29.0 Å². The van der Waals surface area contributed by atoms with Crippen LogP contribution in [0.25, 0.3) is 5.52 Å². The first kappa shape index (κ1) is 13.5. The van der Waals surface area contributed by atoms with Crippen LogP contribution in [0, 0.1) is 5.92 Å². The Balaban J connectivity index is 1.85. The van der Waals surface area contributed by atoms with Crippen molar-refractivity contribution in [1.29, 1.82) is 0 Å². The molecule has 0 radical (unpaired) electrons. The molecule has 3 heterocycles. The van der Waals surface area contributed by atoms with Crippen molar-refractivity contribution < 1.29 is 4.79 Å². The number of nitrogens with zero attached hydrogens (tertiary/aromatic N) is 5. The summed E-state index contributed by atoms with van der Waals surface area (Å²) in [7, 11) is 0.